The molecule has 7 nitrogen and oxygen atoms in total. The maximum absolute atomic E-state index is 12.8. The molecule has 0 aromatic heterocycles. The Hall–Kier alpha value is -1.51. The van der Waals surface area contributed by atoms with E-state index in [2.05, 4.69) is 0 Å². The summed E-state index contributed by atoms with van der Waals surface area (Å²) in [7, 11) is -3.12. The summed E-state index contributed by atoms with van der Waals surface area (Å²) in [6.07, 6.45) is 4.12. The minimum Gasteiger partial charge on any atom is -0.480 e. The molecular weight excluding hydrogens is 441 g/mol. The van der Waals surface area contributed by atoms with Crippen LogP contribution in [0.2, 0.25) is 10.0 Å². The largest absolute Gasteiger partial charge is 0.480 e. The minimum atomic E-state index is -3.12. The van der Waals surface area contributed by atoms with Crippen molar-refractivity contribution in [3.05, 3.63) is 28.2 Å². The lowest BCUT2D eigenvalue weighted by molar-refractivity contribution is -0.155. The van der Waals surface area contributed by atoms with Crippen LogP contribution in [0.25, 0.3) is 0 Å². The highest BCUT2D eigenvalue weighted by molar-refractivity contribution is 7.91. The molecule has 1 saturated heterocycles. The first kappa shape index (κ1) is 22.2. The van der Waals surface area contributed by atoms with Crippen LogP contribution in [-0.4, -0.2) is 62.0 Å². The van der Waals surface area contributed by atoms with Gasteiger partial charge >= 0.3 is 5.97 Å². The lowest BCUT2D eigenvalue weighted by atomic mass is 10.1. The molecule has 2 fully saturated rings. The Labute approximate surface area is 180 Å². The molecule has 1 saturated carbocycles. The normalized spacial score (nSPS) is 21.1. The highest BCUT2D eigenvalue weighted by atomic mass is 35.5. The Morgan fingerprint density at radius 3 is 2.41 bits per heavy atom. The van der Waals surface area contributed by atoms with Gasteiger partial charge in [-0.05, 0) is 37.5 Å². The zero-order chi connectivity index (χ0) is 21.0. The number of carbonyl (C=O) groups excluding carboxylic acids is 2. The molecule has 0 N–H and O–H groups in total. The summed E-state index contributed by atoms with van der Waals surface area (Å²) < 4.78 is 34.1. The summed E-state index contributed by atoms with van der Waals surface area (Å²) in [6.45, 7) is -0.848. The molecule has 1 aliphatic carbocycles. The zero-order valence-electron chi connectivity index (χ0n) is 15.8. The first-order valence-electron chi connectivity index (χ1n) is 9.50. The van der Waals surface area contributed by atoms with Crippen molar-refractivity contribution >= 4 is 44.9 Å². The van der Waals surface area contributed by atoms with Crippen LogP contribution in [-0.2, 0) is 24.2 Å². The van der Waals surface area contributed by atoms with Crippen molar-refractivity contribution in [2.24, 2.45) is 0 Å². The molecule has 1 aromatic carbocycles. The van der Waals surface area contributed by atoms with E-state index >= 15 is 0 Å². The van der Waals surface area contributed by atoms with Crippen molar-refractivity contribution < 1.29 is 27.5 Å². The average molecular weight is 464 g/mol. The number of sulfone groups is 1. The molecular formula is C19H23Cl2NO6S. The second kappa shape index (κ2) is 9.53. The third kappa shape index (κ3) is 5.99. The predicted molar refractivity (Wildman–Crippen MR) is 109 cm³/mol. The van der Waals surface area contributed by atoms with Crippen LogP contribution in [0, 0.1) is 0 Å². The van der Waals surface area contributed by atoms with Gasteiger partial charge in [0.05, 0.1) is 16.5 Å². The molecule has 1 unspecified atom stereocenters. The number of esters is 1. The Morgan fingerprint density at radius 1 is 1.07 bits per heavy atom. The van der Waals surface area contributed by atoms with Crippen molar-refractivity contribution in [2.45, 2.75) is 44.2 Å². The maximum Gasteiger partial charge on any atom is 0.344 e. The van der Waals surface area contributed by atoms with Crippen LogP contribution in [0.4, 0.5) is 0 Å². The molecule has 0 spiro atoms. The first-order valence-corrected chi connectivity index (χ1v) is 12.1. The van der Waals surface area contributed by atoms with Gasteiger partial charge in [0, 0.05) is 17.1 Å². The van der Waals surface area contributed by atoms with Gasteiger partial charge in [-0.1, -0.05) is 36.0 Å². The molecule has 1 atom stereocenters. The molecule has 2 aliphatic rings. The highest BCUT2D eigenvalue weighted by Gasteiger charge is 2.39. The number of carbonyl (C=O) groups is 2. The van der Waals surface area contributed by atoms with E-state index in [0.29, 0.717) is 11.4 Å². The van der Waals surface area contributed by atoms with Gasteiger partial charge in [0.1, 0.15) is 5.75 Å². The van der Waals surface area contributed by atoms with Gasteiger partial charge in [0.25, 0.3) is 5.91 Å². The molecule has 29 heavy (non-hydrogen) atoms. The molecule has 1 heterocycles. The minimum absolute atomic E-state index is 0.00336. The molecule has 1 amide bonds. The summed E-state index contributed by atoms with van der Waals surface area (Å²) in [5.41, 5.74) is 0. The van der Waals surface area contributed by atoms with E-state index in [-0.39, 0.29) is 40.3 Å². The van der Waals surface area contributed by atoms with Crippen LogP contribution in [0.3, 0.4) is 0 Å². The predicted octanol–water partition coefficient (Wildman–Crippen LogP) is 2.87. The topological polar surface area (TPSA) is 90.0 Å². The van der Waals surface area contributed by atoms with E-state index in [0.717, 1.165) is 25.7 Å². The third-order valence-corrected chi connectivity index (χ3v) is 7.48. The van der Waals surface area contributed by atoms with Crippen molar-refractivity contribution in [1.82, 2.24) is 4.90 Å². The van der Waals surface area contributed by atoms with Crippen molar-refractivity contribution in [3.63, 3.8) is 0 Å². The molecule has 160 valence electrons. The number of hydrogen-bond acceptors (Lipinski definition) is 6. The van der Waals surface area contributed by atoms with Gasteiger partial charge in [-0.3, -0.25) is 4.79 Å². The van der Waals surface area contributed by atoms with Crippen LogP contribution < -0.4 is 4.74 Å². The van der Waals surface area contributed by atoms with Crippen molar-refractivity contribution in [3.8, 4) is 5.75 Å². The number of hydrogen-bond donors (Lipinski definition) is 0. The highest BCUT2D eigenvalue weighted by Crippen LogP contribution is 2.29. The van der Waals surface area contributed by atoms with Gasteiger partial charge in [0.15, 0.2) is 23.1 Å². The molecule has 1 aromatic rings. The zero-order valence-corrected chi connectivity index (χ0v) is 18.1. The SMILES string of the molecule is O=C(COc1ccc(Cl)cc1Cl)OCC(=O)N(C1CCCC1)C1CCS(=O)(=O)C1. The quantitative estimate of drug-likeness (QED) is 0.577. The lowest BCUT2D eigenvalue weighted by Gasteiger charge is -2.33. The van der Waals surface area contributed by atoms with Gasteiger partial charge in [-0.15, -0.1) is 0 Å². The van der Waals surface area contributed by atoms with Gasteiger partial charge in [-0.25, -0.2) is 13.2 Å². The standard InChI is InChI=1S/C19H23Cl2NO6S/c20-13-5-6-17(16(21)9-13)27-11-19(24)28-10-18(23)22(14-3-1-2-4-14)15-7-8-29(25,26)12-15/h5-6,9,14-15H,1-4,7-8,10-12H2. The molecule has 10 heteroatoms. The average Bonchev–Trinajstić information content (AvgIpc) is 3.29. The van der Waals surface area contributed by atoms with Gasteiger partial charge in [-0.2, -0.15) is 0 Å². The second-order valence-corrected chi connectivity index (χ2v) is 10.4. The Balaban J connectivity index is 1.54. The number of halogens is 2. The number of amides is 1. The Morgan fingerprint density at radius 2 is 1.79 bits per heavy atom. The van der Waals surface area contributed by atoms with E-state index in [4.69, 9.17) is 32.7 Å². The monoisotopic (exact) mass is 463 g/mol. The Bertz CT molecular complexity index is 869. The van der Waals surface area contributed by atoms with E-state index in [1.54, 1.807) is 11.0 Å². The summed E-state index contributed by atoms with van der Waals surface area (Å²) >= 11 is 11.8. The van der Waals surface area contributed by atoms with E-state index in [1.165, 1.54) is 12.1 Å². The summed E-state index contributed by atoms with van der Waals surface area (Å²) in [4.78, 5) is 26.4. The summed E-state index contributed by atoms with van der Waals surface area (Å²) in [5.74, 6) is -0.736. The van der Waals surface area contributed by atoms with E-state index in [1.807, 2.05) is 0 Å². The van der Waals surface area contributed by atoms with Crippen molar-refractivity contribution in [1.29, 1.82) is 0 Å². The third-order valence-electron chi connectivity index (χ3n) is 5.20. The number of rotatable bonds is 7. The number of ether oxygens (including phenoxy) is 2. The fourth-order valence-electron chi connectivity index (χ4n) is 3.87. The summed E-state index contributed by atoms with van der Waals surface area (Å²) in [5, 5.41) is 0.702. The molecule has 3 rings (SSSR count). The molecule has 0 bridgehead atoms. The molecule has 0 radical (unpaired) electrons. The van der Waals surface area contributed by atoms with Crippen LogP contribution in [0.1, 0.15) is 32.1 Å². The fourth-order valence-corrected chi connectivity index (χ4v) is 6.04. The second-order valence-electron chi connectivity index (χ2n) is 7.32. The van der Waals surface area contributed by atoms with Crippen LogP contribution in [0.5, 0.6) is 5.75 Å². The molecule has 1 aliphatic heterocycles. The van der Waals surface area contributed by atoms with Crippen LogP contribution in [0.15, 0.2) is 18.2 Å². The van der Waals surface area contributed by atoms with E-state index < -0.39 is 29.0 Å². The Kier molecular flexibility index (Phi) is 7.29. The van der Waals surface area contributed by atoms with Gasteiger partial charge < -0.3 is 14.4 Å². The van der Waals surface area contributed by atoms with Crippen LogP contribution >= 0.6 is 23.2 Å². The van der Waals surface area contributed by atoms with Gasteiger partial charge in [0.2, 0.25) is 0 Å². The smallest absolute Gasteiger partial charge is 0.344 e. The van der Waals surface area contributed by atoms with Crippen molar-refractivity contribution in [2.75, 3.05) is 24.7 Å². The number of benzene rings is 1. The van der Waals surface area contributed by atoms with E-state index in [9.17, 15) is 18.0 Å². The fraction of sp³-hybridized carbons (Fsp3) is 0.579. The first-order chi connectivity index (χ1) is 13.7. The summed E-state index contributed by atoms with van der Waals surface area (Å²) in [6, 6.07) is 4.25. The maximum atomic E-state index is 12.8. The lowest BCUT2D eigenvalue weighted by Crippen LogP contribution is -2.48. The number of nitrogens with zero attached hydrogens (tertiary/aromatic N) is 1.